The Morgan fingerprint density at radius 1 is 1.02 bits per heavy atom. The minimum absolute atomic E-state index is 0.135. The molecule has 1 aromatic carbocycles. The van der Waals surface area contributed by atoms with E-state index >= 15 is 0 Å². The van der Waals surface area contributed by atoms with Gasteiger partial charge in [-0.25, -0.2) is 4.79 Å². The number of amides is 2. The topological polar surface area (TPSA) is 170 Å². The molecule has 0 spiro atoms. The number of ether oxygens (including phenoxy) is 4. The van der Waals surface area contributed by atoms with Crippen molar-refractivity contribution in [3.63, 3.8) is 0 Å². The number of hydrogen-bond donors (Lipinski definition) is 5. The highest BCUT2D eigenvalue weighted by molar-refractivity contribution is 5.75. The van der Waals surface area contributed by atoms with Crippen molar-refractivity contribution in [1.82, 2.24) is 15.1 Å². The first kappa shape index (κ1) is 42.2. The molecule has 1 aliphatic carbocycles. The predicted molar refractivity (Wildman–Crippen MR) is 195 cm³/mol. The second-order valence-corrected chi connectivity index (χ2v) is 16.3. The van der Waals surface area contributed by atoms with Crippen molar-refractivity contribution in [3.05, 3.63) is 30.3 Å². The fraction of sp³-hybridized carbons (Fsp3) is 0.795. The van der Waals surface area contributed by atoms with Gasteiger partial charge in [-0.2, -0.15) is 0 Å². The molecule has 5 N–H and O–H groups in total. The van der Waals surface area contributed by atoms with Crippen LogP contribution in [0.1, 0.15) is 87.5 Å². The summed E-state index contributed by atoms with van der Waals surface area (Å²) in [5, 5.41) is 50.0. The van der Waals surface area contributed by atoms with Crippen LogP contribution >= 0.6 is 0 Å². The lowest BCUT2D eigenvalue weighted by molar-refractivity contribution is -0.294. The number of urea groups is 1. The monoisotopic (exact) mass is 735 g/mol. The highest BCUT2D eigenvalue weighted by Crippen LogP contribution is 2.38. The van der Waals surface area contributed by atoms with Crippen LogP contribution in [0.2, 0.25) is 0 Å². The molecule has 13 heteroatoms. The van der Waals surface area contributed by atoms with E-state index in [-0.39, 0.29) is 36.9 Å². The molecule has 296 valence electrons. The van der Waals surface area contributed by atoms with Gasteiger partial charge in [0.1, 0.15) is 23.6 Å². The van der Waals surface area contributed by atoms with Crippen LogP contribution < -0.4 is 10.1 Å². The number of esters is 1. The van der Waals surface area contributed by atoms with E-state index < -0.39 is 77.9 Å². The number of nitrogens with one attached hydrogen (secondary N) is 1. The number of benzene rings is 1. The minimum atomic E-state index is -1.78. The number of aliphatic hydroxyl groups excluding tert-OH is 2. The van der Waals surface area contributed by atoms with Gasteiger partial charge in [0, 0.05) is 32.1 Å². The van der Waals surface area contributed by atoms with Gasteiger partial charge in [-0.3, -0.25) is 4.79 Å². The normalized spacial score (nSPS) is 41.2. The molecule has 2 heterocycles. The summed E-state index contributed by atoms with van der Waals surface area (Å²) in [6.07, 6.45) is -4.22. The second kappa shape index (κ2) is 17.3. The number of aliphatic hydroxyl groups is 4. The fourth-order valence-corrected chi connectivity index (χ4v) is 8.01. The van der Waals surface area contributed by atoms with Crippen molar-refractivity contribution in [2.75, 3.05) is 20.6 Å². The fourth-order valence-electron chi connectivity index (χ4n) is 8.01. The van der Waals surface area contributed by atoms with Crippen molar-refractivity contribution in [3.8, 4) is 5.75 Å². The number of para-hydroxylation sites is 1. The molecule has 2 saturated heterocycles. The Balaban J connectivity index is 1.72. The van der Waals surface area contributed by atoms with Crippen LogP contribution in [-0.4, -0.2) is 135 Å². The predicted octanol–water partition coefficient (Wildman–Crippen LogP) is 3.30. The molecule has 2 amide bonds. The van der Waals surface area contributed by atoms with Crippen molar-refractivity contribution >= 4 is 12.0 Å². The van der Waals surface area contributed by atoms with Gasteiger partial charge in [0.2, 0.25) is 0 Å². The third kappa shape index (κ3) is 9.77. The molecule has 0 radical (unpaired) electrons. The Hall–Kier alpha value is -2.52. The summed E-state index contributed by atoms with van der Waals surface area (Å²) in [5.41, 5.74) is -3.36. The molecule has 1 saturated carbocycles. The lowest BCUT2D eigenvalue weighted by Crippen LogP contribution is -2.62. The van der Waals surface area contributed by atoms with E-state index in [0.717, 1.165) is 12.8 Å². The molecule has 3 fully saturated rings. The third-order valence-corrected chi connectivity index (χ3v) is 11.5. The van der Waals surface area contributed by atoms with E-state index in [1.165, 1.54) is 13.8 Å². The average Bonchev–Trinajstić information content (AvgIpc) is 3.96. The molecule has 4 rings (SSSR count). The molecule has 0 aromatic heterocycles. The molecule has 2 aliphatic heterocycles. The summed E-state index contributed by atoms with van der Waals surface area (Å²) >= 11 is 0. The van der Waals surface area contributed by atoms with Crippen LogP contribution in [0.4, 0.5) is 4.79 Å². The Labute approximate surface area is 309 Å². The van der Waals surface area contributed by atoms with Gasteiger partial charge >= 0.3 is 12.0 Å². The van der Waals surface area contributed by atoms with Gasteiger partial charge < -0.3 is 54.5 Å². The lowest BCUT2D eigenvalue weighted by Gasteiger charge is -2.48. The van der Waals surface area contributed by atoms with Gasteiger partial charge in [-0.1, -0.05) is 39.0 Å². The molecule has 0 bridgehead atoms. The molecule has 13 nitrogen and oxygen atoms in total. The molecule has 0 unspecified atom stereocenters. The van der Waals surface area contributed by atoms with Crippen LogP contribution in [0.5, 0.6) is 5.75 Å². The maximum atomic E-state index is 13.7. The molecular formula is C39H65N3O10. The number of hydrogen-bond acceptors (Lipinski definition) is 11. The number of likely N-dealkylation sites (N-methyl/N-ethyl adjacent to an activating group) is 1. The Kier molecular flexibility index (Phi) is 14.0. The van der Waals surface area contributed by atoms with Crippen LogP contribution in [0, 0.1) is 17.8 Å². The van der Waals surface area contributed by atoms with Crippen LogP contribution in [-0.2, 0) is 19.0 Å². The molecular weight excluding hydrogens is 670 g/mol. The summed E-state index contributed by atoms with van der Waals surface area (Å²) < 4.78 is 25.7. The zero-order valence-corrected chi connectivity index (χ0v) is 32.8. The van der Waals surface area contributed by atoms with Crippen molar-refractivity contribution in [1.29, 1.82) is 0 Å². The summed E-state index contributed by atoms with van der Waals surface area (Å²) in [6, 6.07) is 8.22. The standard InChI is InChI=1S/C39H65N3O10/c1-11-30-39(8,48)33(44)26(6)40-21-22(2)20-38(7,47)34(24(4)31(43)25(5)35(45)51-30)52-36-32(50-28-15-13-12-14-16-28)29(19-23(3)49-36)42(10)37(46)41(9)27-17-18-27/h12-16,22-27,29-34,36,40,43-44,47-48H,11,17-21H2,1-10H3/t22-,23-,24+,25-,26-,29+,30-,31+,32-,33-,34-,36+,38-,39-/m1/s1. The van der Waals surface area contributed by atoms with Gasteiger partial charge in [0.25, 0.3) is 0 Å². The van der Waals surface area contributed by atoms with E-state index in [9.17, 15) is 30.0 Å². The zero-order chi connectivity index (χ0) is 38.7. The summed E-state index contributed by atoms with van der Waals surface area (Å²) in [6.45, 7) is 14.1. The Bertz CT molecular complexity index is 1310. The summed E-state index contributed by atoms with van der Waals surface area (Å²) in [7, 11) is 3.57. The van der Waals surface area contributed by atoms with E-state index in [2.05, 4.69) is 5.32 Å². The maximum absolute atomic E-state index is 13.7. The average molecular weight is 736 g/mol. The third-order valence-electron chi connectivity index (χ3n) is 11.5. The summed E-state index contributed by atoms with van der Waals surface area (Å²) in [4.78, 5) is 30.7. The van der Waals surface area contributed by atoms with Crippen molar-refractivity contribution < 1.29 is 49.0 Å². The molecule has 14 atom stereocenters. The summed E-state index contributed by atoms with van der Waals surface area (Å²) in [5.74, 6) is -2.30. The minimum Gasteiger partial charge on any atom is -0.483 e. The van der Waals surface area contributed by atoms with E-state index in [0.29, 0.717) is 18.7 Å². The number of carbonyl (C=O) groups excluding carboxylic acids is 2. The van der Waals surface area contributed by atoms with Crippen molar-refractivity contribution in [2.24, 2.45) is 17.8 Å². The van der Waals surface area contributed by atoms with Crippen molar-refractivity contribution in [2.45, 2.75) is 160 Å². The van der Waals surface area contributed by atoms with E-state index in [1.54, 1.807) is 44.5 Å². The Morgan fingerprint density at radius 3 is 2.25 bits per heavy atom. The van der Waals surface area contributed by atoms with Crippen LogP contribution in [0.3, 0.4) is 0 Å². The quantitative estimate of drug-likeness (QED) is 0.261. The van der Waals surface area contributed by atoms with Crippen LogP contribution in [0.15, 0.2) is 30.3 Å². The first-order valence-corrected chi connectivity index (χ1v) is 19.1. The van der Waals surface area contributed by atoms with Gasteiger partial charge in [0.15, 0.2) is 12.4 Å². The van der Waals surface area contributed by atoms with E-state index in [1.807, 2.05) is 51.2 Å². The van der Waals surface area contributed by atoms with Gasteiger partial charge in [0.05, 0.1) is 35.9 Å². The van der Waals surface area contributed by atoms with Gasteiger partial charge in [-0.05, 0) is 91.3 Å². The number of nitrogens with zero attached hydrogens (tertiary/aromatic N) is 2. The highest BCUT2D eigenvalue weighted by atomic mass is 16.7. The Morgan fingerprint density at radius 2 is 1.65 bits per heavy atom. The smallest absolute Gasteiger partial charge is 0.320 e. The number of rotatable bonds is 7. The van der Waals surface area contributed by atoms with E-state index in [4.69, 9.17) is 18.9 Å². The van der Waals surface area contributed by atoms with Gasteiger partial charge in [-0.15, -0.1) is 0 Å². The number of cyclic esters (lactones) is 1. The molecule has 3 aliphatic rings. The largest absolute Gasteiger partial charge is 0.483 e. The zero-order valence-electron chi connectivity index (χ0n) is 32.8. The molecule has 1 aromatic rings. The highest BCUT2D eigenvalue weighted by Gasteiger charge is 2.51. The molecule has 52 heavy (non-hydrogen) atoms. The van der Waals surface area contributed by atoms with Crippen LogP contribution in [0.25, 0.3) is 0 Å². The first-order valence-electron chi connectivity index (χ1n) is 19.1. The number of carbonyl (C=O) groups is 2. The maximum Gasteiger partial charge on any atom is 0.320 e. The first-order chi connectivity index (χ1) is 24.3. The lowest BCUT2D eigenvalue weighted by atomic mass is 9.78. The second-order valence-electron chi connectivity index (χ2n) is 16.3. The SMILES string of the molecule is CC[C@H]1OC(=O)[C@H](C)[C@@H](O)[C@H](C)[C@@H](O[C@@H]2O[C@H](C)C[C@H](N(C)C(=O)N(C)C3CC3)[C@H]2Oc2ccccc2)[C@](C)(O)C[C@@H](C)CN[C@H](C)[C@@H](O)[C@]1(C)O.